The van der Waals surface area contributed by atoms with Gasteiger partial charge < -0.3 is 4.90 Å². The Bertz CT molecular complexity index is 3980. The molecular formula is C71H47N. The number of rotatable bonds is 8. The summed E-state index contributed by atoms with van der Waals surface area (Å²) in [5, 5.41) is 2.46. The summed E-state index contributed by atoms with van der Waals surface area (Å²) in [5.41, 5.74) is 25.0. The van der Waals surface area contributed by atoms with Crippen LogP contribution in [0.15, 0.2) is 285 Å². The highest BCUT2D eigenvalue weighted by molar-refractivity contribution is 6.04. The normalized spacial score (nSPS) is 12.6. The average Bonchev–Trinajstić information content (AvgIpc) is 3.93. The zero-order chi connectivity index (χ0) is 47.6. The van der Waals surface area contributed by atoms with Crippen LogP contribution in [0.1, 0.15) is 22.3 Å². The monoisotopic (exact) mass is 913 g/mol. The summed E-state index contributed by atoms with van der Waals surface area (Å²) in [6, 6.07) is 106. The highest BCUT2D eigenvalue weighted by Crippen LogP contribution is 2.63. The van der Waals surface area contributed by atoms with Crippen LogP contribution in [-0.2, 0) is 5.41 Å². The van der Waals surface area contributed by atoms with Gasteiger partial charge in [0.1, 0.15) is 0 Å². The lowest BCUT2D eigenvalue weighted by Crippen LogP contribution is -2.26. The van der Waals surface area contributed by atoms with Gasteiger partial charge in [-0.1, -0.05) is 255 Å². The second-order valence-electron chi connectivity index (χ2n) is 19.1. The third-order valence-electron chi connectivity index (χ3n) is 15.3. The average molecular weight is 914 g/mol. The minimum Gasteiger partial charge on any atom is -0.310 e. The van der Waals surface area contributed by atoms with Crippen LogP contribution in [0.25, 0.3) is 88.7 Å². The lowest BCUT2D eigenvalue weighted by Gasteiger charge is -2.33. The number of hydrogen-bond acceptors (Lipinski definition) is 1. The first-order valence-electron chi connectivity index (χ1n) is 25.0. The topological polar surface area (TPSA) is 3.24 Å². The molecule has 14 rings (SSSR count). The Hall–Kier alpha value is -9.30. The molecule has 1 spiro atoms. The lowest BCUT2D eigenvalue weighted by atomic mass is 9.70. The van der Waals surface area contributed by atoms with Gasteiger partial charge in [0, 0.05) is 16.9 Å². The summed E-state index contributed by atoms with van der Waals surface area (Å²) >= 11 is 0. The lowest BCUT2D eigenvalue weighted by molar-refractivity contribution is 0.793. The maximum atomic E-state index is 2.52. The molecule has 0 saturated carbocycles. The largest absolute Gasteiger partial charge is 0.310 e. The first kappa shape index (κ1) is 41.7. The maximum Gasteiger partial charge on any atom is 0.0726 e. The van der Waals surface area contributed by atoms with Crippen molar-refractivity contribution < 1.29 is 0 Å². The van der Waals surface area contributed by atoms with Crippen LogP contribution in [0, 0.1) is 0 Å². The van der Waals surface area contributed by atoms with Crippen molar-refractivity contribution in [3.8, 4) is 77.9 Å². The van der Waals surface area contributed by atoms with E-state index in [2.05, 4.69) is 290 Å². The third-order valence-corrected chi connectivity index (χ3v) is 15.3. The SMILES string of the molecule is c1ccc(-c2ccccc2-c2c(-c3ccccc3)cccc2-c2ccccc2N(c2cccc(-c3cccc4ccccc34)c2)c2ccc3c(c2)C2(c4ccccc4-c4ccccc42)c2ccccc2-3)cc1. The Balaban J connectivity index is 1.05. The fourth-order valence-electron chi connectivity index (χ4n) is 12.3. The molecule has 0 aromatic heterocycles. The molecule has 0 bridgehead atoms. The van der Waals surface area contributed by atoms with Crippen LogP contribution in [0.3, 0.4) is 0 Å². The molecular weight excluding hydrogens is 867 g/mol. The summed E-state index contributed by atoms with van der Waals surface area (Å²) in [5.74, 6) is 0. The van der Waals surface area contributed by atoms with Crippen molar-refractivity contribution in [2.45, 2.75) is 5.41 Å². The highest BCUT2D eigenvalue weighted by Gasteiger charge is 2.51. The predicted octanol–water partition coefficient (Wildman–Crippen LogP) is 19.0. The van der Waals surface area contributed by atoms with Gasteiger partial charge in [-0.05, 0) is 136 Å². The molecule has 1 heteroatoms. The highest BCUT2D eigenvalue weighted by atomic mass is 15.1. The molecule has 12 aromatic rings. The maximum absolute atomic E-state index is 2.52. The molecule has 0 amide bonds. The van der Waals surface area contributed by atoms with Crippen molar-refractivity contribution >= 4 is 27.8 Å². The number of para-hydroxylation sites is 1. The third kappa shape index (κ3) is 6.41. The second-order valence-corrected chi connectivity index (χ2v) is 19.1. The Kier molecular flexibility index (Phi) is 9.82. The van der Waals surface area contributed by atoms with Crippen LogP contribution < -0.4 is 4.90 Å². The summed E-state index contributed by atoms with van der Waals surface area (Å²) in [4.78, 5) is 2.52. The Labute approximate surface area is 421 Å². The zero-order valence-electron chi connectivity index (χ0n) is 39.6. The molecule has 336 valence electrons. The Morgan fingerprint density at radius 3 is 1.38 bits per heavy atom. The van der Waals surface area contributed by atoms with Crippen LogP contribution in [0.5, 0.6) is 0 Å². The first-order valence-corrected chi connectivity index (χ1v) is 25.0. The van der Waals surface area contributed by atoms with Gasteiger partial charge in [-0.25, -0.2) is 0 Å². The molecule has 2 aliphatic rings. The van der Waals surface area contributed by atoms with E-state index in [4.69, 9.17) is 0 Å². The molecule has 0 saturated heterocycles. The molecule has 0 radical (unpaired) electrons. The van der Waals surface area contributed by atoms with Crippen molar-refractivity contribution in [1.29, 1.82) is 0 Å². The molecule has 72 heavy (non-hydrogen) atoms. The van der Waals surface area contributed by atoms with Crippen molar-refractivity contribution in [2.24, 2.45) is 0 Å². The fourth-order valence-corrected chi connectivity index (χ4v) is 12.3. The van der Waals surface area contributed by atoms with E-state index in [9.17, 15) is 0 Å². The predicted molar refractivity (Wildman–Crippen MR) is 302 cm³/mol. The molecule has 0 unspecified atom stereocenters. The van der Waals surface area contributed by atoms with E-state index in [0.717, 1.165) is 28.2 Å². The molecule has 0 aliphatic heterocycles. The van der Waals surface area contributed by atoms with Crippen molar-refractivity contribution in [3.63, 3.8) is 0 Å². The summed E-state index contributed by atoms with van der Waals surface area (Å²) in [6.07, 6.45) is 0. The molecule has 0 atom stereocenters. The fraction of sp³-hybridized carbons (Fsp3) is 0.0141. The van der Waals surface area contributed by atoms with Gasteiger partial charge in [-0.3, -0.25) is 0 Å². The zero-order valence-corrected chi connectivity index (χ0v) is 39.6. The van der Waals surface area contributed by atoms with E-state index in [1.165, 1.54) is 99.8 Å². The van der Waals surface area contributed by atoms with Gasteiger partial charge in [-0.2, -0.15) is 0 Å². The smallest absolute Gasteiger partial charge is 0.0726 e. The second kappa shape index (κ2) is 17.0. The van der Waals surface area contributed by atoms with E-state index in [-0.39, 0.29) is 0 Å². The Morgan fingerprint density at radius 1 is 0.236 bits per heavy atom. The van der Waals surface area contributed by atoms with E-state index >= 15 is 0 Å². The molecule has 12 aromatic carbocycles. The summed E-state index contributed by atoms with van der Waals surface area (Å²) in [7, 11) is 0. The van der Waals surface area contributed by atoms with Gasteiger partial charge in [0.25, 0.3) is 0 Å². The van der Waals surface area contributed by atoms with Crippen LogP contribution in [0.4, 0.5) is 17.1 Å². The number of nitrogens with zero attached hydrogens (tertiary/aromatic N) is 1. The van der Waals surface area contributed by atoms with Gasteiger partial charge in [0.15, 0.2) is 0 Å². The van der Waals surface area contributed by atoms with E-state index in [1.807, 2.05) is 0 Å². The van der Waals surface area contributed by atoms with Crippen molar-refractivity contribution in [2.75, 3.05) is 4.90 Å². The quantitative estimate of drug-likeness (QED) is 0.147. The van der Waals surface area contributed by atoms with Gasteiger partial charge in [-0.15, -0.1) is 0 Å². The molecule has 0 heterocycles. The molecule has 1 nitrogen and oxygen atoms in total. The molecule has 0 fully saturated rings. The van der Waals surface area contributed by atoms with Crippen molar-refractivity contribution in [3.05, 3.63) is 307 Å². The molecule has 0 N–H and O–H groups in total. The van der Waals surface area contributed by atoms with E-state index in [1.54, 1.807) is 0 Å². The van der Waals surface area contributed by atoms with Gasteiger partial charge in [0.2, 0.25) is 0 Å². The van der Waals surface area contributed by atoms with E-state index < -0.39 is 5.41 Å². The Morgan fingerprint density at radius 2 is 0.681 bits per heavy atom. The standard InChI is InChI=1S/C71H47N/c1-3-22-48(23-4-1)55-31-9-10-36-63(55)70-57(50-24-5-2-6-25-50)38-21-39-64(70)62-35-14-18-43-69(62)72(52-29-19-28-51(46-52)56-37-20-27-49-26-7-8-30-54(49)56)53-44-45-61-60-34-13-17-42-67(60)71(68(61)47-53)65-40-15-11-32-58(65)59-33-12-16-41-66(59)71/h1-47H. The van der Waals surface area contributed by atoms with E-state index in [0.29, 0.717) is 0 Å². The molecule has 2 aliphatic carbocycles. The number of benzene rings is 12. The first-order chi connectivity index (χ1) is 35.8. The van der Waals surface area contributed by atoms with Crippen LogP contribution in [-0.4, -0.2) is 0 Å². The van der Waals surface area contributed by atoms with Gasteiger partial charge >= 0.3 is 0 Å². The van der Waals surface area contributed by atoms with Crippen LogP contribution >= 0.6 is 0 Å². The van der Waals surface area contributed by atoms with Gasteiger partial charge in [0.05, 0.1) is 11.1 Å². The van der Waals surface area contributed by atoms with Crippen LogP contribution in [0.2, 0.25) is 0 Å². The number of hydrogen-bond donors (Lipinski definition) is 0. The minimum atomic E-state index is -0.497. The van der Waals surface area contributed by atoms with Crippen molar-refractivity contribution in [1.82, 2.24) is 0 Å². The summed E-state index contributed by atoms with van der Waals surface area (Å²) < 4.78 is 0. The summed E-state index contributed by atoms with van der Waals surface area (Å²) in [6.45, 7) is 0. The number of anilines is 3. The minimum absolute atomic E-state index is 0.497. The number of fused-ring (bicyclic) bond motifs is 11.